The molecule has 0 aromatic carbocycles. The molecule has 0 aromatic heterocycles. The zero-order chi connectivity index (χ0) is 31.6. The maximum atomic E-state index is 7.50. The molecule has 0 bridgehead atoms. The zero-order valence-electron chi connectivity index (χ0n) is 30.7. The van der Waals surface area contributed by atoms with E-state index < -0.39 is 0 Å². The van der Waals surface area contributed by atoms with Crippen LogP contribution in [0.1, 0.15) is 167 Å². The van der Waals surface area contributed by atoms with Crippen molar-refractivity contribution in [3.63, 3.8) is 0 Å². The van der Waals surface area contributed by atoms with Gasteiger partial charge in [-0.25, -0.2) is 0 Å². The van der Waals surface area contributed by atoms with Crippen LogP contribution in [0.2, 0.25) is 0 Å². The van der Waals surface area contributed by atoms with Crippen LogP contribution in [0.3, 0.4) is 0 Å². The quantitative estimate of drug-likeness (QED) is 0.281. The van der Waals surface area contributed by atoms with E-state index in [2.05, 4.69) is 16.0 Å². The molecule has 2 aliphatic heterocycles. The minimum Gasteiger partial charge on any atom is -0.374 e. The van der Waals surface area contributed by atoms with Gasteiger partial charge in [-0.3, -0.25) is 16.0 Å². The first-order chi connectivity index (χ1) is 23.8. The first-order valence-corrected chi connectivity index (χ1v) is 22.7. The summed E-state index contributed by atoms with van der Waals surface area (Å²) in [5, 5.41) is 13.3. The van der Waals surface area contributed by atoms with Crippen molar-refractivity contribution in [2.75, 3.05) is 0 Å². The highest BCUT2D eigenvalue weighted by Gasteiger charge is 2.59. The van der Waals surface area contributed by atoms with E-state index in [1.54, 1.807) is 19.3 Å². The van der Waals surface area contributed by atoms with Gasteiger partial charge in [0.25, 0.3) is 0 Å². The van der Waals surface area contributed by atoms with Crippen LogP contribution in [0.5, 0.6) is 0 Å². The molecule has 2 saturated heterocycles. The van der Waals surface area contributed by atoms with Gasteiger partial charge in [0, 0.05) is 0 Å². The van der Waals surface area contributed by atoms with Crippen LogP contribution in [-0.2, 0) is 4.74 Å². The molecular formula is C44H73N3O. The molecular weight excluding hydrogens is 587 g/mol. The van der Waals surface area contributed by atoms with Gasteiger partial charge in [0.15, 0.2) is 0 Å². The molecule has 270 valence electrons. The number of fused-ring (bicyclic) bond motifs is 8. The third-order valence-corrected chi connectivity index (χ3v) is 18.2. The summed E-state index contributed by atoms with van der Waals surface area (Å²) in [4.78, 5) is 0. The van der Waals surface area contributed by atoms with Gasteiger partial charge in [-0.15, -0.1) is 0 Å². The van der Waals surface area contributed by atoms with Gasteiger partial charge in [-0.2, -0.15) is 0 Å². The lowest BCUT2D eigenvalue weighted by Gasteiger charge is -2.54. The smallest absolute Gasteiger partial charge is 0.0641 e. The van der Waals surface area contributed by atoms with Crippen molar-refractivity contribution in [3.05, 3.63) is 0 Å². The van der Waals surface area contributed by atoms with Gasteiger partial charge in [-0.05, 0) is 154 Å². The van der Waals surface area contributed by atoms with E-state index in [0.29, 0.717) is 30.7 Å². The van der Waals surface area contributed by atoms with Crippen LogP contribution in [0.25, 0.3) is 0 Å². The number of nitrogens with one attached hydrogen (secondary N) is 3. The predicted molar refractivity (Wildman–Crippen MR) is 195 cm³/mol. The molecule has 48 heavy (non-hydrogen) atoms. The summed E-state index contributed by atoms with van der Waals surface area (Å²) in [6, 6.07) is 0. The summed E-state index contributed by atoms with van der Waals surface area (Å²) in [5.74, 6) is 11.9. The van der Waals surface area contributed by atoms with Crippen LogP contribution in [0.15, 0.2) is 0 Å². The average molecular weight is 660 g/mol. The van der Waals surface area contributed by atoms with Gasteiger partial charge >= 0.3 is 0 Å². The van der Waals surface area contributed by atoms with Crippen molar-refractivity contribution in [3.8, 4) is 0 Å². The normalized spacial score (nSPS) is 53.2. The SMILES string of the molecule is C1CCC(C2NC(C3CCC4C(C3)CC3CCCCC34)NC(C3CC4C5CCCC(C6CCCCC6)C5OC4C4CCCCC34)N2)CC1. The summed E-state index contributed by atoms with van der Waals surface area (Å²) in [5.41, 5.74) is 0. The molecule has 10 aliphatic rings. The third-order valence-electron chi connectivity index (χ3n) is 18.2. The Morgan fingerprint density at radius 3 is 1.60 bits per heavy atom. The van der Waals surface area contributed by atoms with E-state index in [0.717, 1.165) is 76.9 Å². The van der Waals surface area contributed by atoms with Crippen LogP contribution >= 0.6 is 0 Å². The predicted octanol–water partition coefficient (Wildman–Crippen LogP) is 9.78. The number of hydrogen-bond donors (Lipinski definition) is 3. The summed E-state index contributed by atoms with van der Waals surface area (Å²) in [6.07, 6.45) is 41.3. The minimum atomic E-state index is 0.496. The summed E-state index contributed by atoms with van der Waals surface area (Å²) in [6.45, 7) is 0. The maximum absolute atomic E-state index is 7.50. The van der Waals surface area contributed by atoms with Crippen molar-refractivity contribution in [2.24, 2.45) is 76.9 Å². The first-order valence-electron chi connectivity index (χ1n) is 22.7. The Labute approximate surface area is 294 Å². The molecule has 16 unspecified atom stereocenters. The van der Waals surface area contributed by atoms with Crippen molar-refractivity contribution in [2.45, 2.75) is 198 Å². The van der Waals surface area contributed by atoms with Crippen molar-refractivity contribution >= 4 is 0 Å². The van der Waals surface area contributed by atoms with E-state index in [4.69, 9.17) is 4.74 Å². The summed E-state index contributed by atoms with van der Waals surface area (Å²) < 4.78 is 7.50. The highest BCUT2D eigenvalue weighted by Crippen LogP contribution is 2.59. The molecule has 8 aliphatic carbocycles. The van der Waals surface area contributed by atoms with E-state index >= 15 is 0 Å². The number of rotatable bonds is 4. The highest BCUT2D eigenvalue weighted by atomic mass is 16.5. The molecule has 10 rings (SSSR count). The fourth-order valence-electron chi connectivity index (χ4n) is 16.1. The second-order valence-corrected chi connectivity index (χ2v) is 20.2. The zero-order valence-corrected chi connectivity index (χ0v) is 30.7. The Hall–Kier alpha value is -0.160. The van der Waals surface area contributed by atoms with Gasteiger partial charge in [0.05, 0.1) is 30.7 Å². The molecule has 10 fully saturated rings. The largest absolute Gasteiger partial charge is 0.374 e. The molecule has 8 saturated carbocycles. The molecule has 2 heterocycles. The standard InChI is InChI=1S/C44H73N3O/c1-3-12-27(13-4-1)34-20-11-21-37-38-26-39(35-18-9-10-19-36(35)41(38)48-40(34)37)44-46-42(28-14-5-2-6-15-28)45-43(47-44)30-22-23-33-31(25-30)24-29-16-7-8-17-32(29)33/h27-47H,1-26H2. The van der Waals surface area contributed by atoms with Crippen molar-refractivity contribution in [1.82, 2.24) is 16.0 Å². The Morgan fingerprint density at radius 2 is 0.792 bits per heavy atom. The van der Waals surface area contributed by atoms with E-state index in [1.165, 1.54) is 148 Å². The number of hydrogen-bond acceptors (Lipinski definition) is 4. The van der Waals surface area contributed by atoms with Crippen molar-refractivity contribution < 1.29 is 4.74 Å². The Bertz CT molecular complexity index is 1090. The van der Waals surface area contributed by atoms with Crippen LogP contribution < -0.4 is 16.0 Å². The monoisotopic (exact) mass is 660 g/mol. The van der Waals surface area contributed by atoms with E-state index in [-0.39, 0.29) is 0 Å². The van der Waals surface area contributed by atoms with Crippen LogP contribution in [-0.4, -0.2) is 30.7 Å². The second kappa shape index (κ2) is 14.0. The van der Waals surface area contributed by atoms with E-state index in [1.807, 2.05) is 0 Å². The fraction of sp³-hybridized carbons (Fsp3) is 1.00. The topological polar surface area (TPSA) is 45.3 Å². The third kappa shape index (κ3) is 5.91. The molecule has 3 N–H and O–H groups in total. The molecule has 0 radical (unpaired) electrons. The Morgan fingerprint density at radius 1 is 0.271 bits per heavy atom. The lowest BCUT2D eigenvalue weighted by molar-refractivity contribution is -0.103. The first kappa shape index (κ1) is 32.5. The molecule has 4 heteroatoms. The molecule has 16 atom stereocenters. The van der Waals surface area contributed by atoms with Gasteiger partial charge < -0.3 is 4.74 Å². The Kier molecular flexibility index (Phi) is 9.48. The van der Waals surface area contributed by atoms with Gasteiger partial charge in [-0.1, -0.05) is 89.9 Å². The maximum Gasteiger partial charge on any atom is 0.0641 e. The Balaban J connectivity index is 0.902. The van der Waals surface area contributed by atoms with Crippen LogP contribution in [0.4, 0.5) is 0 Å². The van der Waals surface area contributed by atoms with Crippen molar-refractivity contribution in [1.29, 1.82) is 0 Å². The number of ether oxygens (including phenoxy) is 1. The van der Waals surface area contributed by atoms with E-state index in [9.17, 15) is 0 Å². The lowest BCUT2D eigenvalue weighted by atomic mass is 9.56. The second-order valence-electron chi connectivity index (χ2n) is 20.2. The molecule has 0 spiro atoms. The molecule has 0 aromatic rings. The van der Waals surface area contributed by atoms with Gasteiger partial charge in [0.2, 0.25) is 0 Å². The lowest BCUT2D eigenvalue weighted by Crippen LogP contribution is -2.73. The minimum absolute atomic E-state index is 0.496. The summed E-state index contributed by atoms with van der Waals surface area (Å²) >= 11 is 0. The summed E-state index contributed by atoms with van der Waals surface area (Å²) in [7, 11) is 0. The molecule has 4 nitrogen and oxygen atoms in total. The average Bonchev–Trinajstić information content (AvgIpc) is 3.73. The van der Waals surface area contributed by atoms with Gasteiger partial charge in [0.1, 0.15) is 0 Å². The fourth-order valence-corrected chi connectivity index (χ4v) is 16.1. The molecule has 0 amide bonds. The highest BCUT2D eigenvalue weighted by molar-refractivity contribution is 5.08. The van der Waals surface area contributed by atoms with Crippen LogP contribution in [0, 0.1) is 76.9 Å².